The molecule has 0 aliphatic carbocycles. The maximum atomic E-state index is 12.6. The summed E-state index contributed by atoms with van der Waals surface area (Å²) in [5.41, 5.74) is 11.3. The fraction of sp³-hybridized carbons (Fsp3) is 0.393. The topological polar surface area (TPSA) is 89.1 Å². The molecule has 0 aliphatic heterocycles. The van der Waals surface area contributed by atoms with Crippen molar-refractivity contribution in [2.75, 3.05) is 31.3 Å². The second-order valence-electron chi connectivity index (χ2n) is 9.41. The highest BCUT2D eigenvalue weighted by molar-refractivity contribution is 6.06. The van der Waals surface area contributed by atoms with Crippen molar-refractivity contribution in [1.82, 2.24) is 19.9 Å². The van der Waals surface area contributed by atoms with Crippen LogP contribution in [0.2, 0.25) is 0 Å². The van der Waals surface area contributed by atoms with Gasteiger partial charge in [0, 0.05) is 50.6 Å². The van der Waals surface area contributed by atoms with Gasteiger partial charge in [-0.1, -0.05) is 44.2 Å². The molecule has 0 aliphatic rings. The first-order valence-corrected chi connectivity index (χ1v) is 12.5. The molecule has 2 heterocycles. The summed E-state index contributed by atoms with van der Waals surface area (Å²) in [6.07, 6.45) is 3.40. The number of aromatic nitrogens is 3. The number of amides is 1. The van der Waals surface area contributed by atoms with Gasteiger partial charge in [0.25, 0.3) is 0 Å². The number of benzene rings is 2. The summed E-state index contributed by atoms with van der Waals surface area (Å²) in [4.78, 5) is 24.0. The Bertz CT molecular complexity index is 1310. The lowest BCUT2D eigenvalue weighted by Gasteiger charge is -2.15. The van der Waals surface area contributed by atoms with E-state index in [2.05, 4.69) is 57.0 Å². The number of fused-ring (bicyclic) bond motifs is 3. The van der Waals surface area contributed by atoms with Gasteiger partial charge in [0.15, 0.2) is 5.82 Å². The van der Waals surface area contributed by atoms with Crippen LogP contribution in [0.5, 0.6) is 0 Å². The van der Waals surface area contributed by atoms with E-state index in [1.807, 2.05) is 39.2 Å². The van der Waals surface area contributed by atoms with E-state index in [9.17, 15) is 4.79 Å². The van der Waals surface area contributed by atoms with Gasteiger partial charge in [-0.15, -0.1) is 0 Å². The molecule has 1 atom stereocenters. The number of nitrogens with two attached hydrogens (primary N) is 1. The molecule has 0 spiro atoms. The Hall–Kier alpha value is -3.61. The molecule has 0 radical (unpaired) electrons. The Balaban J connectivity index is 1.33. The summed E-state index contributed by atoms with van der Waals surface area (Å²) in [5, 5.41) is 4.19. The van der Waals surface area contributed by atoms with Crippen molar-refractivity contribution in [2.24, 2.45) is 5.92 Å². The van der Waals surface area contributed by atoms with Crippen LogP contribution in [0.4, 0.5) is 11.5 Å². The Kier molecular flexibility index (Phi) is 7.54. The maximum Gasteiger partial charge on any atom is 0.223 e. The van der Waals surface area contributed by atoms with Gasteiger partial charge in [-0.05, 0) is 43.0 Å². The van der Waals surface area contributed by atoms with Gasteiger partial charge in [0.2, 0.25) is 5.91 Å². The Morgan fingerprint density at radius 1 is 1.09 bits per heavy atom. The van der Waals surface area contributed by atoms with E-state index in [1.54, 1.807) is 0 Å². The molecule has 2 aromatic heterocycles. The molecular formula is C28H36N6O. The lowest BCUT2D eigenvalue weighted by molar-refractivity contribution is -0.124. The Morgan fingerprint density at radius 2 is 1.83 bits per heavy atom. The van der Waals surface area contributed by atoms with Gasteiger partial charge in [-0.2, -0.15) is 0 Å². The third kappa shape index (κ3) is 5.39. The van der Waals surface area contributed by atoms with Crippen LogP contribution in [0.3, 0.4) is 0 Å². The average molecular weight is 473 g/mol. The number of carbonyl (C=O) groups is 1. The molecular weight excluding hydrogens is 436 g/mol. The summed E-state index contributed by atoms with van der Waals surface area (Å²) in [5.74, 6) is 1.53. The highest BCUT2D eigenvalue weighted by atomic mass is 16.1. The first kappa shape index (κ1) is 24.5. The van der Waals surface area contributed by atoms with E-state index in [-0.39, 0.29) is 11.8 Å². The van der Waals surface area contributed by atoms with Gasteiger partial charge in [0.1, 0.15) is 11.3 Å². The second kappa shape index (κ2) is 10.8. The zero-order chi connectivity index (χ0) is 24.9. The average Bonchev–Trinajstić information content (AvgIpc) is 3.23. The summed E-state index contributed by atoms with van der Waals surface area (Å²) in [6.45, 7) is 5.60. The zero-order valence-electron chi connectivity index (χ0n) is 21.2. The van der Waals surface area contributed by atoms with E-state index in [0.717, 1.165) is 65.7 Å². The minimum Gasteiger partial charge on any atom is -0.382 e. The number of hydrogen-bond acceptors (Lipinski definition) is 5. The van der Waals surface area contributed by atoms with Crippen molar-refractivity contribution in [3.63, 3.8) is 0 Å². The first-order valence-electron chi connectivity index (χ1n) is 12.5. The summed E-state index contributed by atoms with van der Waals surface area (Å²) < 4.78 is 2.28. The standard InChI is InChI=1S/C28H36N6O/c1-5-24-32-25-26(22-10-6-7-11-23(22)31-27(25)29)34(24)17-9-8-16-30-28(35)19(2)18-20-12-14-21(15-13-20)33(3)4/h6-7,10-15,19H,5,8-9,16-18H2,1-4H3,(H2,29,31)(H,30,35). The van der Waals surface area contributed by atoms with E-state index < -0.39 is 0 Å². The van der Waals surface area contributed by atoms with Crippen molar-refractivity contribution in [1.29, 1.82) is 0 Å². The number of rotatable bonds is 10. The van der Waals surface area contributed by atoms with Crippen molar-refractivity contribution >= 4 is 39.3 Å². The summed E-state index contributed by atoms with van der Waals surface area (Å²) in [7, 11) is 4.05. The maximum absolute atomic E-state index is 12.6. The predicted octanol–water partition coefficient (Wildman–Crippen LogP) is 4.57. The molecule has 7 nitrogen and oxygen atoms in total. The number of anilines is 2. The van der Waals surface area contributed by atoms with Crippen molar-refractivity contribution in [2.45, 2.75) is 46.1 Å². The molecule has 0 fully saturated rings. The molecule has 0 bridgehead atoms. The normalized spacial score (nSPS) is 12.2. The van der Waals surface area contributed by atoms with E-state index in [1.165, 1.54) is 5.56 Å². The third-order valence-corrected chi connectivity index (χ3v) is 6.56. The molecule has 0 saturated carbocycles. The Labute approximate surface area is 207 Å². The molecule has 1 amide bonds. The van der Waals surface area contributed by atoms with Gasteiger partial charge >= 0.3 is 0 Å². The number of pyridine rings is 1. The number of nitrogen functional groups attached to an aromatic ring is 1. The van der Waals surface area contributed by atoms with Crippen LogP contribution in [0, 0.1) is 5.92 Å². The lowest BCUT2D eigenvalue weighted by atomic mass is 10.00. The van der Waals surface area contributed by atoms with Crippen molar-refractivity contribution in [3.8, 4) is 0 Å². The molecule has 1 unspecified atom stereocenters. The predicted molar refractivity (Wildman–Crippen MR) is 145 cm³/mol. The molecule has 4 rings (SSSR count). The summed E-state index contributed by atoms with van der Waals surface area (Å²) >= 11 is 0. The number of para-hydroxylation sites is 1. The van der Waals surface area contributed by atoms with Crippen LogP contribution in [0.15, 0.2) is 48.5 Å². The van der Waals surface area contributed by atoms with Crippen molar-refractivity contribution in [3.05, 3.63) is 59.9 Å². The van der Waals surface area contributed by atoms with E-state index >= 15 is 0 Å². The smallest absolute Gasteiger partial charge is 0.223 e. The monoisotopic (exact) mass is 472 g/mol. The minimum absolute atomic E-state index is 0.0636. The van der Waals surface area contributed by atoms with Crippen LogP contribution in [-0.4, -0.2) is 41.1 Å². The van der Waals surface area contributed by atoms with Crippen LogP contribution in [0.1, 0.15) is 38.1 Å². The quantitative estimate of drug-likeness (QED) is 0.330. The number of unbranched alkanes of at least 4 members (excludes halogenated alkanes) is 1. The third-order valence-electron chi connectivity index (χ3n) is 6.56. The van der Waals surface area contributed by atoms with Crippen LogP contribution in [0.25, 0.3) is 21.9 Å². The van der Waals surface area contributed by atoms with E-state index in [0.29, 0.717) is 12.4 Å². The molecule has 2 aromatic carbocycles. The van der Waals surface area contributed by atoms with Gasteiger partial charge in [-0.3, -0.25) is 4.79 Å². The fourth-order valence-corrected chi connectivity index (χ4v) is 4.57. The van der Waals surface area contributed by atoms with Crippen LogP contribution < -0.4 is 16.0 Å². The van der Waals surface area contributed by atoms with Crippen LogP contribution >= 0.6 is 0 Å². The molecule has 7 heteroatoms. The number of aryl methyl sites for hydroxylation is 2. The molecule has 4 aromatic rings. The van der Waals surface area contributed by atoms with Gasteiger partial charge in [-0.25, -0.2) is 9.97 Å². The summed E-state index contributed by atoms with van der Waals surface area (Å²) in [6, 6.07) is 16.5. The fourth-order valence-electron chi connectivity index (χ4n) is 4.57. The second-order valence-corrected chi connectivity index (χ2v) is 9.41. The number of carbonyl (C=O) groups excluding carboxylic acids is 1. The number of imidazole rings is 1. The van der Waals surface area contributed by atoms with E-state index in [4.69, 9.17) is 10.7 Å². The highest BCUT2D eigenvalue weighted by Crippen LogP contribution is 2.29. The number of nitrogens with zero attached hydrogens (tertiary/aromatic N) is 4. The first-order chi connectivity index (χ1) is 16.9. The molecule has 0 saturated heterocycles. The molecule has 35 heavy (non-hydrogen) atoms. The van der Waals surface area contributed by atoms with Crippen LogP contribution in [-0.2, 0) is 24.2 Å². The zero-order valence-corrected chi connectivity index (χ0v) is 21.2. The number of nitrogens with one attached hydrogen (secondary N) is 1. The van der Waals surface area contributed by atoms with Gasteiger partial charge in [0.05, 0.1) is 11.0 Å². The minimum atomic E-state index is -0.0636. The Morgan fingerprint density at radius 3 is 2.54 bits per heavy atom. The lowest BCUT2D eigenvalue weighted by Crippen LogP contribution is -2.31. The molecule has 3 N–H and O–H groups in total. The number of hydrogen-bond donors (Lipinski definition) is 2. The molecule has 184 valence electrons. The SMILES string of the molecule is CCc1nc2c(N)nc3ccccc3c2n1CCCCNC(=O)C(C)Cc1ccc(N(C)C)cc1. The van der Waals surface area contributed by atoms with Gasteiger partial charge < -0.3 is 20.5 Å². The highest BCUT2D eigenvalue weighted by Gasteiger charge is 2.17. The van der Waals surface area contributed by atoms with Crippen molar-refractivity contribution < 1.29 is 4.79 Å². The largest absolute Gasteiger partial charge is 0.382 e.